The smallest absolute Gasteiger partial charge is 0.240 e. The zero-order chi connectivity index (χ0) is 12.9. The fraction of sp³-hybridized carbons (Fsp3) is 0.500. The van der Waals surface area contributed by atoms with Gasteiger partial charge in [0, 0.05) is 6.04 Å². The van der Waals surface area contributed by atoms with Crippen LogP contribution in [-0.2, 0) is 10.0 Å². The number of rotatable bonds is 6. The Bertz CT molecular complexity index is 437. The van der Waals surface area contributed by atoms with Gasteiger partial charge in [0.25, 0.3) is 0 Å². The molecule has 1 rings (SSSR count). The first-order valence-corrected chi connectivity index (χ1v) is 7.19. The third-order valence-corrected chi connectivity index (χ3v) is 3.67. The molecule has 0 aliphatic rings. The summed E-state index contributed by atoms with van der Waals surface area (Å²) < 4.78 is 31.6. The van der Waals surface area contributed by atoms with Crippen LogP contribution in [0.4, 0.5) is 0 Å². The lowest BCUT2D eigenvalue weighted by atomic mass is 10.3. The van der Waals surface area contributed by atoms with Gasteiger partial charge in [0.05, 0.1) is 11.5 Å². The number of ether oxygens (including phenoxy) is 1. The third kappa shape index (κ3) is 4.36. The van der Waals surface area contributed by atoms with Crippen molar-refractivity contribution in [1.82, 2.24) is 4.72 Å². The Morgan fingerprint density at radius 3 is 2.29 bits per heavy atom. The van der Waals surface area contributed by atoms with Crippen molar-refractivity contribution in [3.8, 4) is 5.75 Å². The molecule has 1 N–H and O–H groups in total. The largest absolute Gasteiger partial charge is 0.494 e. The maximum atomic E-state index is 11.8. The molecule has 0 saturated carbocycles. The molecular formula is C12H19NO3S. The Kier molecular flexibility index (Phi) is 4.96. The molecule has 0 amide bonds. The van der Waals surface area contributed by atoms with Crippen molar-refractivity contribution >= 4 is 10.0 Å². The molecular weight excluding hydrogens is 238 g/mol. The highest BCUT2D eigenvalue weighted by atomic mass is 32.2. The van der Waals surface area contributed by atoms with Crippen molar-refractivity contribution in [2.24, 2.45) is 0 Å². The van der Waals surface area contributed by atoms with Crippen LogP contribution in [-0.4, -0.2) is 21.1 Å². The van der Waals surface area contributed by atoms with E-state index in [-0.39, 0.29) is 10.9 Å². The number of benzene rings is 1. The summed E-state index contributed by atoms with van der Waals surface area (Å²) in [4.78, 5) is 0.259. The van der Waals surface area contributed by atoms with E-state index in [0.29, 0.717) is 12.4 Å². The van der Waals surface area contributed by atoms with E-state index < -0.39 is 10.0 Å². The lowest BCUT2D eigenvalue weighted by molar-refractivity contribution is 0.317. The molecule has 5 heteroatoms. The molecule has 1 aromatic rings. The topological polar surface area (TPSA) is 55.4 Å². The molecule has 17 heavy (non-hydrogen) atoms. The van der Waals surface area contributed by atoms with Gasteiger partial charge in [-0.05, 0) is 44.5 Å². The zero-order valence-corrected chi connectivity index (χ0v) is 11.3. The fourth-order valence-corrected chi connectivity index (χ4v) is 2.56. The second-order valence-corrected chi connectivity index (χ2v) is 5.81. The van der Waals surface area contributed by atoms with E-state index in [2.05, 4.69) is 4.72 Å². The minimum atomic E-state index is -3.40. The molecule has 0 bridgehead atoms. The second-order valence-electron chi connectivity index (χ2n) is 4.10. The minimum Gasteiger partial charge on any atom is -0.494 e. The standard InChI is InChI=1S/C12H19NO3S/c1-4-9-16-11-5-7-12(8-6-11)17(14,15)13-10(2)3/h5-8,10,13H,4,9H2,1-3H3. The molecule has 1 aromatic carbocycles. The first-order valence-electron chi connectivity index (χ1n) is 5.71. The van der Waals surface area contributed by atoms with Crippen LogP contribution >= 0.6 is 0 Å². The number of hydrogen-bond donors (Lipinski definition) is 1. The summed E-state index contributed by atoms with van der Waals surface area (Å²) in [7, 11) is -3.40. The Labute approximate surface area is 103 Å². The monoisotopic (exact) mass is 257 g/mol. The predicted molar refractivity (Wildman–Crippen MR) is 67.7 cm³/mol. The summed E-state index contributed by atoms with van der Waals surface area (Å²) in [5.41, 5.74) is 0. The quantitative estimate of drug-likeness (QED) is 0.849. The van der Waals surface area contributed by atoms with E-state index in [9.17, 15) is 8.42 Å². The van der Waals surface area contributed by atoms with Crippen molar-refractivity contribution in [2.45, 2.75) is 38.1 Å². The summed E-state index contributed by atoms with van der Waals surface area (Å²) in [6, 6.07) is 6.33. The Morgan fingerprint density at radius 1 is 1.24 bits per heavy atom. The maximum absolute atomic E-state index is 11.8. The van der Waals surface area contributed by atoms with Crippen molar-refractivity contribution in [2.75, 3.05) is 6.61 Å². The van der Waals surface area contributed by atoms with Crippen molar-refractivity contribution < 1.29 is 13.2 Å². The highest BCUT2D eigenvalue weighted by molar-refractivity contribution is 7.89. The van der Waals surface area contributed by atoms with Crippen LogP contribution in [0.15, 0.2) is 29.2 Å². The van der Waals surface area contributed by atoms with Gasteiger partial charge in [-0.3, -0.25) is 0 Å². The lowest BCUT2D eigenvalue weighted by Crippen LogP contribution is -2.30. The Morgan fingerprint density at radius 2 is 1.82 bits per heavy atom. The lowest BCUT2D eigenvalue weighted by Gasteiger charge is -2.10. The summed E-state index contributed by atoms with van der Waals surface area (Å²) in [6.07, 6.45) is 0.926. The highest BCUT2D eigenvalue weighted by Gasteiger charge is 2.14. The van der Waals surface area contributed by atoms with Gasteiger partial charge in [0.1, 0.15) is 5.75 Å². The van der Waals surface area contributed by atoms with E-state index in [4.69, 9.17) is 4.74 Å². The van der Waals surface area contributed by atoms with Gasteiger partial charge >= 0.3 is 0 Å². The predicted octanol–water partition coefficient (Wildman–Crippen LogP) is 2.16. The van der Waals surface area contributed by atoms with E-state index >= 15 is 0 Å². The van der Waals surface area contributed by atoms with Crippen LogP contribution in [0.3, 0.4) is 0 Å². The molecule has 0 spiro atoms. The Hall–Kier alpha value is -1.07. The van der Waals surface area contributed by atoms with Crippen LogP contribution in [0.25, 0.3) is 0 Å². The summed E-state index contributed by atoms with van der Waals surface area (Å²) in [5, 5.41) is 0. The average Bonchev–Trinajstić information content (AvgIpc) is 2.25. The molecule has 0 aromatic heterocycles. The average molecular weight is 257 g/mol. The van der Waals surface area contributed by atoms with Crippen molar-refractivity contribution in [3.05, 3.63) is 24.3 Å². The van der Waals surface area contributed by atoms with Gasteiger partial charge in [0.2, 0.25) is 10.0 Å². The van der Waals surface area contributed by atoms with Crippen LogP contribution in [0.5, 0.6) is 5.75 Å². The van der Waals surface area contributed by atoms with Crippen LogP contribution in [0, 0.1) is 0 Å². The van der Waals surface area contributed by atoms with Gasteiger partial charge in [0.15, 0.2) is 0 Å². The number of sulfonamides is 1. The van der Waals surface area contributed by atoms with E-state index in [1.54, 1.807) is 38.1 Å². The van der Waals surface area contributed by atoms with E-state index in [0.717, 1.165) is 6.42 Å². The molecule has 0 aliphatic carbocycles. The summed E-state index contributed by atoms with van der Waals surface area (Å²) in [6.45, 7) is 6.23. The van der Waals surface area contributed by atoms with Crippen LogP contribution in [0.1, 0.15) is 27.2 Å². The molecule has 4 nitrogen and oxygen atoms in total. The van der Waals surface area contributed by atoms with Crippen LogP contribution in [0.2, 0.25) is 0 Å². The fourth-order valence-electron chi connectivity index (χ4n) is 1.31. The molecule has 0 saturated heterocycles. The Balaban J connectivity index is 2.80. The summed E-state index contributed by atoms with van der Waals surface area (Å²) >= 11 is 0. The maximum Gasteiger partial charge on any atom is 0.240 e. The molecule has 96 valence electrons. The zero-order valence-electron chi connectivity index (χ0n) is 10.4. The second kappa shape index (κ2) is 6.02. The number of nitrogens with one attached hydrogen (secondary N) is 1. The SMILES string of the molecule is CCCOc1ccc(S(=O)(=O)NC(C)C)cc1. The van der Waals surface area contributed by atoms with E-state index in [1.165, 1.54) is 0 Å². The first kappa shape index (κ1) is 14.0. The van der Waals surface area contributed by atoms with Gasteiger partial charge in [-0.15, -0.1) is 0 Å². The number of hydrogen-bond acceptors (Lipinski definition) is 3. The molecule has 0 heterocycles. The van der Waals surface area contributed by atoms with Gasteiger partial charge in [-0.1, -0.05) is 6.92 Å². The molecule has 0 fully saturated rings. The molecule has 0 unspecified atom stereocenters. The van der Waals surface area contributed by atoms with Crippen LogP contribution < -0.4 is 9.46 Å². The van der Waals surface area contributed by atoms with Crippen molar-refractivity contribution in [1.29, 1.82) is 0 Å². The van der Waals surface area contributed by atoms with Gasteiger partial charge in [-0.2, -0.15) is 0 Å². The molecule has 0 aliphatic heterocycles. The molecule has 0 atom stereocenters. The van der Waals surface area contributed by atoms with Gasteiger partial charge in [-0.25, -0.2) is 13.1 Å². The highest BCUT2D eigenvalue weighted by Crippen LogP contribution is 2.16. The third-order valence-electron chi connectivity index (χ3n) is 2.00. The summed E-state index contributed by atoms with van der Waals surface area (Å²) in [5.74, 6) is 0.690. The van der Waals surface area contributed by atoms with Crippen molar-refractivity contribution in [3.63, 3.8) is 0 Å². The molecule has 0 radical (unpaired) electrons. The van der Waals surface area contributed by atoms with Gasteiger partial charge < -0.3 is 4.74 Å². The van der Waals surface area contributed by atoms with E-state index in [1.807, 2.05) is 6.92 Å². The minimum absolute atomic E-state index is 0.115. The first-order chi connectivity index (χ1) is 7.95. The normalized spacial score (nSPS) is 11.8.